The molecule has 0 bridgehead atoms. The van der Waals surface area contributed by atoms with Gasteiger partial charge >= 0.3 is 0 Å². The quantitative estimate of drug-likeness (QED) is 0.749. The lowest BCUT2D eigenvalue weighted by Gasteiger charge is -2.06. The second-order valence-corrected chi connectivity index (χ2v) is 3.94. The Morgan fingerprint density at radius 2 is 2.20 bits per heavy atom. The van der Waals surface area contributed by atoms with E-state index in [9.17, 15) is 0 Å². The molecular weight excluding hydrogens is 190 g/mol. The molecule has 0 saturated carbocycles. The van der Waals surface area contributed by atoms with Gasteiger partial charge in [-0.25, -0.2) is 0 Å². The van der Waals surface area contributed by atoms with Gasteiger partial charge in [0.15, 0.2) is 5.82 Å². The normalized spacial score (nSPS) is 13.0. The van der Waals surface area contributed by atoms with E-state index in [-0.39, 0.29) is 0 Å². The van der Waals surface area contributed by atoms with Gasteiger partial charge in [-0.1, -0.05) is 18.5 Å². The fourth-order valence-electron chi connectivity index (χ4n) is 1.31. The zero-order valence-corrected chi connectivity index (χ0v) is 9.92. The second kappa shape index (κ2) is 6.56. The van der Waals surface area contributed by atoms with Crippen LogP contribution in [0, 0.1) is 0 Å². The summed E-state index contributed by atoms with van der Waals surface area (Å²) < 4.78 is 5.17. The average Bonchev–Trinajstić information content (AvgIpc) is 2.71. The lowest BCUT2D eigenvalue weighted by molar-refractivity contribution is 0.364. The number of hydrogen-bond donors (Lipinski definition) is 1. The van der Waals surface area contributed by atoms with Crippen molar-refractivity contribution < 1.29 is 4.52 Å². The monoisotopic (exact) mass is 211 g/mol. The summed E-state index contributed by atoms with van der Waals surface area (Å²) in [5, 5.41) is 7.14. The van der Waals surface area contributed by atoms with Gasteiger partial charge in [0.05, 0.1) is 0 Å². The maximum absolute atomic E-state index is 5.17. The van der Waals surface area contributed by atoms with Gasteiger partial charge in [0.25, 0.3) is 0 Å². The van der Waals surface area contributed by atoms with Crippen molar-refractivity contribution in [3.63, 3.8) is 0 Å². The third-order valence-corrected chi connectivity index (χ3v) is 2.55. The summed E-state index contributed by atoms with van der Waals surface area (Å²) in [5.74, 6) is 1.62. The van der Waals surface area contributed by atoms with E-state index in [2.05, 4.69) is 29.3 Å². The molecule has 4 heteroatoms. The highest BCUT2D eigenvalue weighted by Crippen LogP contribution is 2.05. The first-order valence-corrected chi connectivity index (χ1v) is 5.75. The first kappa shape index (κ1) is 12.2. The van der Waals surface area contributed by atoms with E-state index in [1.165, 1.54) is 6.42 Å². The van der Waals surface area contributed by atoms with Gasteiger partial charge in [0.2, 0.25) is 5.89 Å². The summed E-state index contributed by atoms with van der Waals surface area (Å²) in [6.07, 6.45) is 5.13. The third-order valence-electron chi connectivity index (χ3n) is 2.55. The number of rotatable bonds is 7. The highest BCUT2D eigenvalue weighted by atomic mass is 16.5. The molecule has 0 aliphatic heterocycles. The number of nitrogens with one attached hydrogen (secondary N) is 1. The first-order valence-electron chi connectivity index (χ1n) is 5.75. The summed E-state index contributed by atoms with van der Waals surface area (Å²) >= 11 is 0. The minimum Gasteiger partial charge on any atom is -0.339 e. The van der Waals surface area contributed by atoms with Crippen molar-refractivity contribution in [2.24, 2.45) is 0 Å². The van der Waals surface area contributed by atoms with E-state index in [4.69, 9.17) is 4.52 Å². The molecule has 86 valence electrons. The maximum atomic E-state index is 5.17. The summed E-state index contributed by atoms with van der Waals surface area (Å²) in [6.45, 7) is 4.31. The second-order valence-electron chi connectivity index (χ2n) is 3.94. The Morgan fingerprint density at radius 3 is 2.87 bits per heavy atom. The molecule has 0 spiro atoms. The lowest BCUT2D eigenvalue weighted by Crippen LogP contribution is -2.21. The summed E-state index contributed by atoms with van der Waals surface area (Å²) in [6, 6.07) is 0.496. The number of nitrogens with zero attached hydrogens (tertiary/aromatic N) is 2. The molecule has 4 nitrogen and oxygen atoms in total. The van der Waals surface area contributed by atoms with Gasteiger partial charge in [-0.2, -0.15) is 4.98 Å². The fourth-order valence-corrected chi connectivity index (χ4v) is 1.31. The van der Waals surface area contributed by atoms with Gasteiger partial charge < -0.3 is 9.84 Å². The molecule has 1 atom stereocenters. The minimum atomic E-state index is 0.496. The lowest BCUT2D eigenvalue weighted by atomic mass is 10.2. The van der Waals surface area contributed by atoms with Crippen LogP contribution in [0.2, 0.25) is 0 Å². The summed E-state index contributed by atoms with van der Waals surface area (Å²) in [7, 11) is 1.96. The molecule has 1 aromatic rings. The van der Waals surface area contributed by atoms with Crippen molar-refractivity contribution in [2.75, 3.05) is 7.05 Å². The van der Waals surface area contributed by atoms with E-state index in [1.807, 2.05) is 7.05 Å². The van der Waals surface area contributed by atoms with E-state index >= 15 is 0 Å². The van der Waals surface area contributed by atoms with Crippen LogP contribution in [0.25, 0.3) is 0 Å². The Labute approximate surface area is 91.5 Å². The summed E-state index contributed by atoms with van der Waals surface area (Å²) in [4.78, 5) is 4.35. The van der Waals surface area contributed by atoms with Gasteiger partial charge in [-0.3, -0.25) is 0 Å². The predicted molar refractivity (Wildman–Crippen MR) is 59.8 cm³/mol. The maximum Gasteiger partial charge on any atom is 0.226 e. The Hall–Kier alpha value is -0.900. The van der Waals surface area contributed by atoms with E-state index in [0.29, 0.717) is 6.04 Å². The van der Waals surface area contributed by atoms with Crippen molar-refractivity contribution in [3.05, 3.63) is 11.7 Å². The first-order chi connectivity index (χ1) is 7.26. The van der Waals surface area contributed by atoms with E-state index in [0.717, 1.165) is 37.4 Å². The highest BCUT2D eigenvalue weighted by molar-refractivity contribution is 4.87. The molecule has 0 amide bonds. The molecule has 0 saturated heterocycles. The predicted octanol–water partition coefficient (Wildman–Crippen LogP) is 1.95. The van der Waals surface area contributed by atoms with Crippen LogP contribution in [0.15, 0.2) is 4.52 Å². The molecule has 1 unspecified atom stereocenters. The van der Waals surface area contributed by atoms with Crippen LogP contribution in [-0.4, -0.2) is 23.2 Å². The molecule has 0 aliphatic carbocycles. The van der Waals surface area contributed by atoms with Gasteiger partial charge in [0, 0.05) is 18.9 Å². The van der Waals surface area contributed by atoms with Gasteiger partial charge in [0.1, 0.15) is 0 Å². The van der Waals surface area contributed by atoms with Crippen molar-refractivity contribution in [1.29, 1.82) is 0 Å². The highest BCUT2D eigenvalue weighted by Gasteiger charge is 2.07. The molecular formula is C11H21N3O. The third kappa shape index (κ3) is 4.42. The van der Waals surface area contributed by atoms with E-state index in [1.54, 1.807) is 0 Å². The van der Waals surface area contributed by atoms with Crippen molar-refractivity contribution in [3.8, 4) is 0 Å². The van der Waals surface area contributed by atoms with Gasteiger partial charge in [-0.15, -0.1) is 0 Å². The molecule has 1 N–H and O–H groups in total. The Bertz CT molecular complexity index is 273. The Kier molecular flexibility index (Phi) is 5.32. The molecule has 0 fully saturated rings. The standard InChI is InChI=1S/C11H21N3O/c1-4-5-6-10-13-11(15-14-10)8-7-9(2)12-3/h9,12H,4-8H2,1-3H3. The van der Waals surface area contributed by atoms with Crippen LogP contribution in [0.1, 0.15) is 44.8 Å². The molecule has 0 aromatic carbocycles. The number of aromatic nitrogens is 2. The van der Waals surface area contributed by atoms with Crippen molar-refractivity contribution >= 4 is 0 Å². The topological polar surface area (TPSA) is 51.0 Å². The van der Waals surface area contributed by atoms with Gasteiger partial charge in [-0.05, 0) is 26.8 Å². The smallest absolute Gasteiger partial charge is 0.226 e. The van der Waals surface area contributed by atoms with Crippen LogP contribution < -0.4 is 5.32 Å². The minimum absolute atomic E-state index is 0.496. The Balaban J connectivity index is 2.32. The van der Waals surface area contributed by atoms with Crippen LogP contribution in [0.5, 0.6) is 0 Å². The Morgan fingerprint density at radius 1 is 1.40 bits per heavy atom. The van der Waals surface area contributed by atoms with Crippen LogP contribution in [0.3, 0.4) is 0 Å². The molecule has 0 radical (unpaired) electrons. The van der Waals surface area contributed by atoms with E-state index < -0.39 is 0 Å². The van der Waals surface area contributed by atoms with Crippen LogP contribution in [0.4, 0.5) is 0 Å². The molecule has 0 aliphatic rings. The molecule has 15 heavy (non-hydrogen) atoms. The average molecular weight is 211 g/mol. The van der Waals surface area contributed by atoms with Crippen LogP contribution in [-0.2, 0) is 12.8 Å². The number of hydrogen-bond acceptors (Lipinski definition) is 4. The SMILES string of the molecule is CCCCc1noc(CCC(C)NC)n1. The fraction of sp³-hybridized carbons (Fsp3) is 0.818. The number of unbranched alkanes of at least 4 members (excludes halogenated alkanes) is 1. The van der Waals surface area contributed by atoms with Crippen molar-refractivity contribution in [2.45, 2.75) is 52.0 Å². The molecule has 1 heterocycles. The zero-order chi connectivity index (χ0) is 11.1. The van der Waals surface area contributed by atoms with Crippen LogP contribution >= 0.6 is 0 Å². The molecule has 1 aromatic heterocycles. The largest absolute Gasteiger partial charge is 0.339 e. The summed E-state index contributed by atoms with van der Waals surface area (Å²) in [5.41, 5.74) is 0. The zero-order valence-electron chi connectivity index (χ0n) is 9.92. The molecule has 1 rings (SSSR count). The van der Waals surface area contributed by atoms with Crippen molar-refractivity contribution in [1.82, 2.24) is 15.5 Å². The number of aryl methyl sites for hydroxylation is 2.